The molecule has 2 aromatic rings. The number of carbonyl (C=O) groups is 2. The van der Waals surface area contributed by atoms with Crippen molar-refractivity contribution in [3.63, 3.8) is 0 Å². The lowest BCUT2D eigenvalue weighted by Gasteiger charge is -2.20. The fourth-order valence-electron chi connectivity index (χ4n) is 3.40. The summed E-state index contributed by atoms with van der Waals surface area (Å²) in [6.07, 6.45) is 4.42. The molecular weight excluding hydrogens is 280 g/mol. The van der Waals surface area contributed by atoms with Gasteiger partial charge in [-0.15, -0.1) is 0 Å². The summed E-state index contributed by atoms with van der Waals surface area (Å²) in [6.45, 7) is 4.73. The minimum Gasteiger partial charge on any atom is -0.337 e. The van der Waals surface area contributed by atoms with Crippen molar-refractivity contribution in [2.24, 2.45) is 5.41 Å². The van der Waals surface area contributed by atoms with Crippen molar-refractivity contribution >= 4 is 17.3 Å². The van der Waals surface area contributed by atoms with Gasteiger partial charge in [0.2, 0.25) is 5.91 Å². The van der Waals surface area contributed by atoms with Crippen LogP contribution in [0.1, 0.15) is 24.6 Å². The van der Waals surface area contributed by atoms with Gasteiger partial charge in [0.1, 0.15) is 0 Å². The maximum atomic E-state index is 12.8. The Morgan fingerprint density at radius 2 is 2.36 bits per heavy atom. The highest BCUT2D eigenvalue weighted by Gasteiger charge is 2.50. The highest BCUT2D eigenvalue weighted by Crippen LogP contribution is 2.40. The van der Waals surface area contributed by atoms with E-state index in [-0.39, 0.29) is 17.9 Å². The summed E-state index contributed by atoms with van der Waals surface area (Å²) in [5.74, 6) is -0.222. The van der Waals surface area contributed by atoms with Gasteiger partial charge in [0, 0.05) is 31.4 Å². The van der Waals surface area contributed by atoms with Gasteiger partial charge in [0.25, 0.3) is 5.91 Å². The van der Waals surface area contributed by atoms with Crippen LogP contribution in [0.5, 0.6) is 0 Å². The van der Waals surface area contributed by atoms with E-state index in [0.717, 1.165) is 0 Å². The summed E-state index contributed by atoms with van der Waals surface area (Å²) in [5.41, 5.74) is 1.08. The number of allylic oxidation sites excluding steroid dienone is 1. The van der Waals surface area contributed by atoms with Crippen LogP contribution in [0.3, 0.4) is 0 Å². The van der Waals surface area contributed by atoms with Gasteiger partial charge in [0.05, 0.1) is 24.1 Å². The Kier molecular flexibility index (Phi) is 2.41. The minimum atomic E-state index is -0.542. The first-order valence-corrected chi connectivity index (χ1v) is 7.22. The lowest BCUT2D eigenvalue weighted by molar-refractivity contribution is -0.126. The molecule has 2 fully saturated rings. The van der Waals surface area contributed by atoms with Crippen LogP contribution < -0.4 is 5.32 Å². The van der Waals surface area contributed by atoms with E-state index in [4.69, 9.17) is 1.37 Å². The van der Waals surface area contributed by atoms with Crippen molar-refractivity contribution < 1.29 is 11.0 Å². The third-order valence-electron chi connectivity index (χ3n) is 4.53. The number of aromatic nitrogens is 2. The van der Waals surface area contributed by atoms with Gasteiger partial charge in [-0.3, -0.25) is 9.59 Å². The largest absolute Gasteiger partial charge is 0.337 e. The SMILES string of the molecule is [3H]c1cccn2ncc(C(=O)N3CCC4(CC(=C)NC4=O)C3)c12. The molecule has 22 heavy (non-hydrogen) atoms. The van der Waals surface area contributed by atoms with Gasteiger partial charge in [-0.1, -0.05) is 12.6 Å². The summed E-state index contributed by atoms with van der Waals surface area (Å²) in [6, 6.07) is 3.61. The topological polar surface area (TPSA) is 66.7 Å². The molecule has 1 N–H and O–H groups in total. The fraction of sp³-hybridized carbons (Fsp3) is 0.312. The number of amides is 2. The summed E-state index contributed by atoms with van der Waals surface area (Å²) in [7, 11) is 0. The highest BCUT2D eigenvalue weighted by atomic mass is 16.2. The Balaban J connectivity index is 1.65. The van der Waals surface area contributed by atoms with E-state index in [1.165, 1.54) is 10.7 Å². The van der Waals surface area contributed by atoms with Crippen LogP contribution in [0.2, 0.25) is 0 Å². The third kappa shape index (κ3) is 1.76. The van der Waals surface area contributed by atoms with Gasteiger partial charge in [-0.05, 0) is 18.5 Å². The van der Waals surface area contributed by atoms with Gasteiger partial charge >= 0.3 is 0 Å². The van der Waals surface area contributed by atoms with E-state index >= 15 is 0 Å². The Labute approximate surface area is 128 Å². The number of hydrogen-bond donors (Lipinski definition) is 1. The molecule has 0 bridgehead atoms. The summed E-state index contributed by atoms with van der Waals surface area (Å²) in [5, 5.41) is 6.91. The van der Waals surface area contributed by atoms with Crippen molar-refractivity contribution in [2.45, 2.75) is 12.8 Å². The van der Waals surface area contributed by atoms with Crippen LogP contribution in [-0.4, -0.2) is 39.4 Å². The molecule has 6 heteroatoms. The van der Waals surface area contributed by atoms with Crippen LogP contribution >= 0.6 is 0 Å². The average molecular weight is 298 g/mol. The molecule has 1 unspecified atom stereocenters. The number of nitrogens with one attached hydrogen (secondary N) is 1. The number of hydrogen-bond acceptors (Lipinski definition) is 3. The maximum absolute atomic E-state index is 12.8. The van der Waals surface area contributed by atoms with E-state index in [9.17, 15) is 9.59 Å². The summed E-state index contributed by atoms with van der Waals surface area (Å²) >= 11 is 0. The molecule has 6 nitrogen and oxygen atoms in total. The van der Waals surface area contributed by atoms with Crippen molar-refractivity contribution in [2.75, 3.05) is 13.1 Å². The molecule has 0 radical (unpaired) electrons. The molecular formula is C16H16N4O2. The van der Waals surface area contributed by atoms with E-state index < -0.39 is 5.41 Å². The van der Waals surface area contributed by atoms with Gasteiger partial charge in [-0.2, -0.15) is 5.10 Å². The number of likely N-dealkylation sites (tertiary alicyclic amines) is 1. The molecule has 2 aromatic heterocycles. The molecule has 0 aromatic carbocycles. The van der Waals surface area contributed by atoms with Gasteiger partial charge < -0.3 is 10.2 Å². The van der Waals surface area contributed by atoms with E-state index in [1.54, 1.807) is 23.2 Å². The molecule has 1 atom stereocenters. The predicted molar refractivity (Wildman–Crippen MR) is 80.0 cm³/mol. The molecule has 0 saturated carbocycles. The van der Waals surface area contributed by atoms with Crippen molar-refractivity contribution in [1.82, 2.24) is 19.8 Å². The lowest BCUT2D eigenvalue weighted by atomic mass is 9.85. The molecule has 0 aliphatic carbocycles. The van der Waals surface area contributed by atoms with E-state index in [0.29, 0.717) is 42.7 Å². The molecule has 4 rings (SSSR count). The predicted octanol–water partition coefficient (Wildman–Crippen LogP) is 1.20. The van der Waals surface area contributed by atoms with Crippen LogP contribution in [0.25, 0.3) is 5.52 Å². The zero-order chi connectivity index (χ0) is 16.2. The zero-order valence-electron chi connectivity index (χ0n) is 13.0. The van der Waals surface area contributed by atoms with E-state index in [1.807, 2.05) is 0 Å². The van der Waals surface area contributed by atoms with Crippen LogP contribution in [0.4, 0.5) is 0 Å². The maximum Gasteiger partial charge on any atom is 0.257 e. The molecule has 1 spiro atoms. The molecule has 2 saturated heterocycles. The number of rotatable bonds is 1. The Morgan fingerprint density at radius 3 is 3.14 bits per heavy atom. The fourth-order valence-corrected chi connectivity index (χ4v) is 3.40. The smallest absolute Gasteiger partial charge is 0.257 e. The number of pyridine rings is 1. The monoisotopic (exact) mass is 298 g/mol. The second-order valence-electron chi connectivity index (χ2n) is 6.00. The summed E-state index contributed by atoms with van der Waals surface area (Å²) < 4.78 is 9.53. The first-order chi connectivity index (χ1) is 11.0. The number of nitrogens with zero attached hydrogens (tertiary/aromatic N) is 3. The zero-order valence-corrected chi connectivity index (χ0v) is 12.0. The van der Waals surface area contributed by atoms with Gasteiger partial charge in [0.15, 0.2) is 0 Å². The highest BCUT2D eigenvalue weighted by molar-refractivity contribution is 6.01. The second kappa shape index (κ2) is 4.43. The second-order valence-corrected chi connectivity index (χ2v) is 6.00. The standard InChI is InChI=1S/C16H16N4O2/c1-11-8-16(15(22)18-11)5-7-19(10-16)14(21)12-9-17-20-6-3-2-4-13(12)20/h2-4,6,9H,1,5,7-8,10H2,(H,18,22)/i4T. The Hall–Kier alpha value is -2.63. The number of carbonyl (C=O) groups excluding carboxylic acids is 2. The van der Waals surface area contributed by atoms with Gasteiger partial charge in [-0.25, -0.2) is 4.52 Å². The molecule has 112 valence electrons. The molecule has 2 amide bonds. The normalized spacial score (nSPS) is 25.1. The Morgan fingerprint density at radius 1 is 1.50 bits per heavy atom. The molecule has 2 aliphatic heterocycles. The van der Waals surface area contributed by atoms with Crippen LogP contribution in [-0.2, 0) is 4.79 Å². The average Bonchev–Trinajstić information content (AvgIpc) is 3.18. The van der Waals surface area contributed by atoms with Crippen molar-refractivity contribution in [3.05, 3.63) is 48.4 Å². The number of fused-ring (bicyclic) bond motifs is 1. The molecule has 4 heterocycles. The minimum absolute atomic E-state index is 0.0427. The first kappa shape index (κ1) is 12.0. The van der Waals surface area contributed by atoms with Crippen molar-refractivity contribution in [1.29, 1.82) is 0 Å². The van der Waals surface area contributed by atoms with Crippen LogP contribution in [0, 0.1) is 5.41 Å². The summed E-state index contributed by atoms with van der Waals surface area (Å²) in [4.78, 5) is 26.7. The lowest BCUT2D eigenvalue weighted by Crippen LogP contribution is -2.36. The first-order valence-electron chi connectivity index (χ1n) is 7.72. The van der Waals surface area contributed by atoms with E-state index in [2.05, 4.69) is 17.0 Å². The molecule has 2 aliphatic rings. The van der Waals surface area contributed by atoms with Crippen molar-refractivity contribution in [3.8, 4) is 0 Å². The Bertz CT molecular complexity index is 859. The van der Waals surface area contributed by atoms with Crippen LogP contribution in [0.15, 0.2) is 42.8 Å². The quantitative estimate of drug-likeness (QED) is 0.860. The third-order valence-corrected chi connectivity index (χ3v) is 4.53.